The van der Waals surface area contributed by atoms with Gasteiger partial charge in [-0.25, -0.2) is 0 Å². The Balaban J connectivity index is 2.11. The number of carbonyl (C=O) groups is 1. The quantitative estimate of drug-likeness (QED) is 0.765. The number of hydrogen-bond acceptors (Lipinski definition) is 2. The molecule has 1 heterocycles. The first-order chi connectivity index (χ1) is 8.74. The normalized spacial score (nSPS) is 20.6. The molecule has 2 nitrogen and oxygen atoms in total. The van der Waals surface area contributed by atoms with E-state index in [0.29, 0.717) is 10.6 Å². The Hall–Kier alpha value is -1.02. The first kappa shape index (κ1) is 13.4. The minimum absolute atomic E-state index is 0.554. The fourth-order valence-electron chi connectivity index (χ4n) is 2.64. The van der Waals surface area contributed by atoms with Crippen LogP contribution >= 0.6 is 11.6 Å². The fourth-order valence-corrected chi connectivity index (χ4v) is 2.86. The van der Waals surface area contributed by atoms with Crippen molar-refractivity contribution in [3.63, 3.8) is 0 Å². The molecule has 0 spiro atoms. The zero-order chi connectivity index (χ0) is 13.0. The van der Waals surface area contributed by atoms with E-state index in [2.05, 4.69) is 11.8 Å². The first-order valence-electron chi connectivity index (χ1n) is 6.74. The molecule has 1 unspecified atom stereocenters. The number of anilines is 1. The first-order valence-corrected chi connectivity index (χ1v) is 7.12. The maximum absolute atomic E-state index is 10.8. The van der Waals surface area contributed by atoms with E-state index in [4.69, 9.17) is 11.6 Å². The summed E-state index contributed by atoms with van der Waals surface area (Å²) in [5, 5.41) is 0.554. The van der Waals surface area contributed by atoms with Gasteiger partial charge in [0.1, 0.15) is 0 Å². The van der Waals surface area contributed by atoms with Crippen LogP contribution in [0.25, 0.3) is 0 Å². The van der Waals surface area contributed by atoms with E-state index in [1.807, 2.05) is 18.2 Å². The second kappa shape index (κ2) is 6.24. The third kappa shape index (κ3) is 3.05. The van der Waals surface area contributed by atoms with Crippen molar-refractivity contribution in [2.75, 3.05) is 18.0 Å². The maximum atomic E-state index is 10.8. The highest BCUT2D eigenvalue weighted by Crippen LogP contribution is 2.27. The molecular weight excluding hydrogens is 246 g/mol. The highest BCUT2D eigenvalue weighted by Gasteiger charge is 2.16. The molecule has 98 valence electrons. The van der Waals surface area contributed by atoms with E-state index < -0.39 is 0 Å². The maximum Gasteiger partial charge on any atom is 0.151 e. The van der Waals surface area contributed by atoms with E-state index in [1.165, 1.54) is 25.7 Å². The second-order valence-electron chi connectivity index (χ2n) is 5.02. The van der Waals surface area contributed by atoms with Crippen LogP contribution in [-0.4, -0.2) is 19.4 Å². The predicted octanol–water partition coefficient (Wildman–Crippen LogP) is 4.17. The topological polar surface area (TPSA) is 20.3 Å². The largest absolute Gasteiger partial charge is 0.371 e. The Morgan fingerprint density at radius 1 is 1.39 bits per heavy atom. The summed E-state index contributed by atoms with van der Waals surface area (Å²) in [5.41, 5.74) is 1.71. The Morgan fingerprint density at radius 2 is 2.22 bits per heavy atom. The summed E-state index contributed by atoms with van der Waals surface area (Å²) in [5.74, 6) is 0.861. The summed E-state index contributed by atoms with van der Waals surface area (Å²) in [7, 11) is 0. The van der Waals surface area contributed by atoms with Gasteiger partial charge < -0.3 is 4.90 Å². The molecule has 1 aromatic carbocycles. The molecule has 18 heavy (non-hydrogen) atoms. The van der Waals surface area contributed by atoms with Crippen LogP contribution in [0.3, 0.4) is 0 Å². The molecule has 0 aromatic heterocycles. The van der Waals surface area contributed by atoms with Crippen molar-refractivity contribution in [2.24, 2.45) is 5.92 Å². The number of carbonyl (C=O) groups excluding carboxylic acids is 1. The van der Waals surface area contributed by atoms with Gasteiger partial charge in [0.2, 0.25) is 0 Å². The van der Waals surface area contributed by atoms with E-state index in [9.17, 15) is 4.79 Å². The van der Waals surface area contributed by atoms with Gasteiger partial charge in [-0.2, -0.15) is 0 Å². The van der Waals surface area contributed by atoms with Crippen molar-refractivity contribution in [3.05, 3.63) is 28.8 Å². The summed E-state index contributed by atoms with van der Waals surface area (Å²) in [6.07, 6.45) is 5.91. The third-order valence-corrected chi connectivity index (χ3v) is 4.23. The van der Waals surface area contributed by atoms with Gasteiger partial charge in [-0.15, -0.1) is 0 Å². The minimum Gasteiger partial charge on any atom is -0.371 e. The van der Waals surface area contributed by atoms with Gasteiger partial charge >= 0.3 is 0 Å². The van der Waals surface area contributed by atoms with Crippen LogP contribution in [0.5, 0.6) is 0 Å². The van der Waals surface area contributed by atoms with Gasteiger partial charge in [-0.05, 0) is 43.4 Å². The Kier molecular flexibility index (Phi) is 4.65. The Bertz CT molecular complexity index is 419. The zero-order valence-electron chi connectivity index (χ0n) is 10.9. The average Bonchev–Trinajstić information content (AvgIpc) is 2.63. The van der Waals surface area contributed by atoms with E-state index in [1.54, 1.807) is 0 Å². The van der Waals surface area contributed by atoms with E-state index >= 15 is 0 Å². The van der Waals surface area contributed by atoms with Gasteiger partial charge in [0.25, 0.3) is 0 Å². The fraction of sp³-hybridized carbons (Fsp3) is 0.533. The van der Waals surface area contributed by atoms with Crippen molar-refractivity contribution in [1.29, 1.82) is 0 Å². The summed E-state index contributed by atoms with van der Waals surface area (Å²) in [4.78, 5) is 13.1. The van der Waals surface area contributed by atoms with Crippen LogP contribution in [0.15, 0.2) is 18.2 Å². The highest BCUT2D eigenvalue weighted by atomic mass is 35.5. The lowest BCUT2D eigenvalue weighted by atomic mass is 9.98. The lowest BCUT2D eigenvalue weighted by molar-refractivity contribution is 0.112. The van der Waals surface area contributed by atoms with E-state index in [-0.39, 0.29) is 0 Å². The molecule has 0 amide bonds. The lowest BCUT2D eigenvalue weighted by Crippen LogP contribution is -2.24. The third-order valence-electron chi connectivity index (χ3n) is 3.90. The smallest absolute Gasteiger partial charge is 0.151 e. The monoisotopic (exact) mass is 265 g/mol. The van der Waals surface area contributed by atoms with Crippen LogP contribution in [0.1, 0.15) is 43.0 Å². The number of hydrogen-bond donors (Lipinski definition) is 0. The average molecular weight is 266 g/mol. The van der Waals surface area contributed by atoms with Gasteiger partial charge in [-0.1, -0.05) is 24.9 Å². The van der Waals surface area contributed by atoms with Crippen LogP contribution in [0.4, 0.5) is 5.69 Å². The van der Waals surface area contributed by atoms with Crippen LogP contribution in [0, 0.1) is 5.92 Å². The predicted molar refractivity (Wildman–Crippen MR) is 76.7 cm³/mol. The molecule has 3 heteroatoms. The van der Waals surface area contributed by atoms with E-state index in [0.717, 1.165) is 31.0 Å². The summed E-state index contributed by atoms with van der Waals surface area (Å²) in [6.45, 7) is 4.46. The molecule has 1 atom stereocenters. The minimum atomic E-state index is 0.554. The molecular formula is C15H20ClNO. The summed E-state index contributed by atoms with van der Waals surface area (Å²) >= 11 is 6.09. The summed E-state index contributed by atoms with van der Waals surface area (Å²) in [6, 6.07) is 5.73. The molecule has 0 radical (unpaired) electrons. The van der Waals surface area contributed by atoms with Gasteiger partial charge in [0.15, 0.2) is 6.29 Å². The number of nitrogens with zero attached hydrogens (tertiary/aromatic N) is 1. The zero-order valence-corrected chi connectivity index (χ0v) is 11.6. The molecule has 1 fully saturated rings. The van der Waals surface area contributed by atoms with Gasteiger partial charge in [0.05, 0.1) is 5.02 Å². The van der Waals surface area contributed by atoms with Crippen molar-refractivity contribution >= 4 is 23.6 Å². The molecule has 0 bridgehead atoms. The van der Waals surface area contributed by atoms with Crippen molar-refractivity contribution < 1.29 is 4.79 Å². The Labute approximate surface area is 114 Å². The molecule has 2 rings (SSSR count). The highest BCUT2D eigenvalue weighted by molar-refractivity contribution is 6.33. The standard InChI is InChI=1S/C15H20ClNO/c1-2-12-4-3-8-17(9-7-12)14-6-5-13(11-18)15(16)10-14/h5-6,10-12H,2-4,7-9H2,1H3. The van der Waals surface area contributed by atoms with Crippen molar-refractivity contribution in [3.8, 4) is 0 Å². The number of benzene rings is 1. The second-order valence-corrected chi connectivity index (χ2v) is 5.42. The van der Waals surface area contributed by atoms with Crippen molar-refractivity contribution in [2.45, 2.75) is 32.6 Å². The molecule has 0 aliphatic carbocycles. The van der Waals surface area contributed by atoms with Gasteiger partial charge in [-0.3, -0.25) is 4.79 Å². The molecule has 1 aromatic rings. The van der Waals surface area contributed by atoms with Crippen LogP contribution < -0.4 is 4.90 Å². The molecule has 1 aliphatic heterocycles. The molecule has 0 saturated carbocycles. The molecule has 1 saturated heterocycles. The lowest BCUT2D eigenvalue weighted by Gasteiger charge is -2.23. The molecule has 1 aliphatic rings. The van der Waals surface area contributed by atoms with Crippen LogP contribution in [0.2, 0.25) is 5.02 Å². The molecule has 0 N–H and O–H groups in total. The van der Waals surface area contributed by atoms with Crippen LogP contribution in [-0.2, 0) is 0 Å². The van der Waals surface area contributed by atoms with Gasteiger partial charge in [0, 0.05) is 24.3 Å². The summed E-state index contributed by atoms with van der Waals surface area (Å²) < 4.78 is 0. The van der Waals surface area contributed by atoms with Crippen molar-refractivity contribution in [1.82, 2.24) is 0 Å². The number of aldehydes is 1. The Morgan fingerprint density at radius 3 is 2.89 bits per heavy atom. The number of halogens is 1. The number of rotatable bonds is 3. The SMILES string of the molecule is CCC1CCCN(c2ccc(C=O)c(Cl)c2)CC1.